The molecular weight excluding hydrogens is 220 g/mol. The van der Waals surface area contributed by atoms with Gasteiger partial charge in [0.15, 0.2) is 0 Å². The Kier molecular flexibility index (Phi) is 8.19. The highest BCUT2D eigenvalue weighted by molar-refractivity contribution is 5.72. The summed E-state index contributed by atoms with van der Waals surface area (Å²) in [5.74, 6) is 0.190. The molecule has 0 aromatic heterocycles. The molecule has 2 N–H and O–H groups in total. The Morgan fingerprint density at radius 2 is 1.82 bits per heavy atom. The molecule has 1 aliphatic rings. The van der Waals surface area contributed by atoms with Gasteiger partial charge < -0.3 is 15.4 Å². The van der Waals surface area contributed by atoms with Crippen LogP contribution in [0.2, 0.25) is 0 Å². The van der Waals surface area contributed by atoms with Crippen molar-refractivity contribution in [3.05, 3.63) is 0 Å². The largest absolute Gasteiger partial charge is 0.466 e. The van der Waals surface area contributed by atoms with Gasteiger partial charge in [0.1, 0.15) is 0 Å². The van der Waals surface area contributed by atoms with Crippen LogP contribution in [-0.2, 0) is 9.53 Å². The lowest BCUT2D eigenvalue weighted by atomic mass is 9.94. The smallest absolute Gasteiger partial charge is 0.314 e. The number of carbonyl (C=O) groups excluding carboxylic acids is 2. The Morgan fingerprint density at radius 3 is 2.24 bits per heavy atom. The molecule has 1 heterocycles. The summed E-state index contributed by atoms with van der Waals surface area (Å²) in [6.07, 6.45) is 2.13. The van der Waals surface area contributed by atoms with E-state index in [1.165, 1.54) is 0 Å². The van der Waals surface area contributed by atoms with Gasteiger partial charge in [-0.15, -0.1) is 0 Å². The van der Waals surface area contributed by atoms with Gasteiger partial charge in [-0.3, -0.25) is 4.79 Å². The highest BCUT2D eigenvalue weighted by Crippen LogP contribution is 2.20. The molecule has 5 nitrogen and oxygen atoms in total. The molecule has 0 radical (unpaired) electrons. The van der Waals surface area contributed by atoms with Gasteiger partial charge in [0, 0.05) is 19.5 Å². The summed E-state index contributed by atoms with van der Waals surface area (Å²) < 4.78 is 4.87. The van der Waals surface area contributed by atoms with E-state index in [0.717, 1.165) is 12.8 Å². The molecule has 0 aliphatic carbocycles. The van der Waals surface area contributed by atoms with Crippen LogP contribution in [0, 0.1) is 5.92 Å². The van der Waals surface area contributed by atoms with Crippen molar-refractivity contribution in [2.45, 2.75) is 40.0 Å². The molecule has 1 rings (SSSR count). The fraction of sp³-hybridized carbons (Fsp3) is 0.833. The van der Waals surface area contributed by atoms with Crippen molar-refractivity contribution in [1.29, 1.82) is 0 Å². The minimum Gasteiger partial charge on any atom is -0.466 e. The minimum absolute atomic E-state index is 0.143. The number of ether oxygens (including phenoxy) is 1. The molecule has 0 unspecified atom stereocenters. The van der Waals surface area contributed by atoms with Crippen LogP contribution in [0.15, 0.2) is 0 Å². The summed E-state index contributed by atoms with van der Waals surface area (Å²) in [6.45, 7) is 7.53. The van der Waals surface area contributed by atoms with E-state index < -0.39 is 0 Å². The topological polar surface area (TPSA) is 72.6 Å². The van der Waals surface area contributed by atoms with Gasteiger partial charge in [0.05, 0.1) is 6.61 Å². The Morgan fingerprint density at radius 1 is 1.29 bits per heavy atom. The number of rotatable bonds is 3. The van der Waals surface area contributed by atoms with Crippen LogP contribution in [0.4, 0.5) is 4.79 Å². The summed E-state index contributed by atoms with van der Waals surface area (Å²) in [5, 5.41) is 0. The van der Waals surface area contributed by atoms with E-state index in [1.807, 2.05) is 13.8 Å². The monoisotopic (exact) mass is 244 g/mol. The highest BCUT2D eigenvalue weighted by Gasteiger charge is 2.23. The molecule has 0 aromatic rings. The Balaban J connectivity index is 0.00000121. The van der Waals surface area contributed by atoms with Crippen LogP contribution in [-0.4, -0.2) is 36.6 Å². The molecular formula is C12H24N2O3. The van der Waals surface area contributed by atoms with Crippen LogP contribution in [0.25, 0.3) is 0 Å². The first kappa shape index (κ1) is 15.7. The van der Waals surface area contributed by atoms with Gasteiger partial charge in [-0.05, 0) is 25.7 Å². The van der Waals surface area contributed by atoms with Crippen molar-refractivity contribution in [3.63, 3.8) is 0 Å². The molecule has 1 fully saturated rings. The molecule has 0 atom stereocenters. The predicted octanol–water partition coefficient (Wildman–Crippen LogP) is 1.76. The third kappa shape index (κ3) is 6.14. The van der Waals surface area contributed by atoms with E-state index in [1.54, 1.807) is 11.8 Å². The number of carbonyl (C=O) groups is 2. The average molecular weight is 244 g/mol. The summed E-state index contributed by atoms with van der Waals surface area (Å²) in [7, 11) is 0. The Bertz CT molecular complexity index is 236. The number of likely N-dealkylation sites (tertiary alicyclic amines) is 1. The molecule has 5 heteroatoms. The number of urea groups is 1. The number of amides is 2. The van der Waals surface area contributed by atoms with Gasteiger partial charge in [0.2, 0.25) is 0 Å². The molecule has 100 valence electrons. The highest BCUT2D eigenvalue weighted by atomic mass is 16.5. The number of hydrogen-bond acceptors (Lipinski definition) is 3. The fourth-order valence-electron chi connectivity index (χ4n) is 1.81. The Hall–Kier alpha value is -1.26. The fourth-order valence-corrected chi connectivity index (χ4v) is 1.81. The van der Waals surface area contributed by atoms with Crippen LogP contribution in [0.1, 0.15) is 40.0 Å². The molecule has 0 aromatic carbocycles. The molecule has 0 spiro atoms. The van der Waals surface area contributed by atoms with E-state index >= 15 is 0 Å². The maximum Gasteiger partial charge on any atom is 0.314 e. The van der Waals surface area contributed by atoms with E-state index in [-0.39, 0.29) is 12.0 Å². The lowest BCUT2D eigenvalue weighted by Crippen LogP contribution is -2.42. The van der Waals surface area contributed by atoms with Crippen molar-refractivity contribution in [1.82, 2.24) is 4.90 Å². The zero-order valence-electron chi connectivity index (χ0n) is 11.1. The number of nitrogens with two attached hydrogens (primary N) is 1. The number of piperidine rings is 1. The van der Waals surface area contributed by atoms with E-state index in [9.17, 15) is 9.59 Å². The van der Waals surface area contributed by atoms with E-state index in [2.05, 4.69) is 0 Å². The molecule has 1 aliphatic heterocycles. The zero-order valence-corrected chi connectivity index (χ0v) is 11.1. The SMILES string of the molecule is CC.CCOC(=O)CC1CCN(C(N)=O)CC1. The van der Waals surface area contributed by atoms with Crippen molar-refractivity contribution >= 4 is 12.0 Å². The maximum atomic E-state index is 11.2. The predicted molar refractivity (Wildman–Crippen MR) is 66.5 cm³/mol. The second-order valence-electron chi connectivity index (χ2n) is 3.78. The summed E-state index contributed by atoms with van der Waals surface area (Å²) in [4.78, 5) is 23.7. The van der Waals surface area contributed by atoms with Crippen LogP contribution in [0.3, 0.4) is 0 Å². The normalized spacial score (nSPS) is 15.8. The molecule has 0 saturated carbocycles. The zero-order chi connectivity index (χ0) is 13.3. The van der Waals surface area contributed by atoms with E-state index in [0.29, 0.717) is 32.0 Å². The van der Waals surface area contributed by atoms with Gasteiger partial charge in [-0.25, -0.2) is 4.79 Å². The second-order valence-corrected chi connectivity index (χ2v) is 3.78. The summed E-state index contributed by atoms with van der Waals surface area (Å²) in [6, 6.07) is -0.371. The lowest BCUT2D eigenvalue weighted by molar-refractivity contribution is -0.144. The van der Waals surface area contributed by atoms with Crippen molar-refractivity contribution in [2.24, 2.45) is 11.7 Å². The third-order valence-corrected chi connectivity index (χ3v) is 2.69. The van der Waals surface area contributed by atoms with E-state index in [4.69, 9.17) is 10.5 Å². The van der Waals surface area contributed by atoms with Crippen molar-refractivity contribution in [3.8, 4) is 0 Å². The lowest BCUT2D eigenvalue weighted by Gasteiger charge is -2.30. The van der Waals surface area contributed by atoms with Gasteiger partial charge in [-0.2, -0.15) is 0 Å². The molecule has 2 amide bonds. The summed E-state index contributed by atoms with van der Waals surface area (Å²) in [5.41, 5.74) is 5.16. The van der Waals surface area contributed by atoms with Crippen LogP contribution in [0.5, 0.6) is 0 Å². The molecule has 17 heavy (non-hydrogen) atoms. The number of hydrogen-bond donors (Lipinski definition) is 1. The van der Waals surface area contributed by atoms with Crippen LogP contribution >= 0.6 is 0 Å². The third-order valence-electron chi connectivity index (χ3n) is 2.69. The summed E-state index contributed by atoms with van der Waals surface area (Å²) >= 11 is 0. The van der Waals surface area contributed by atoms with Gasteiger partial charge in [-0.1, -0.05) is 13.8 Å². The minimum atomic E-state index is -0.371. The molecule has 0 bridgehead atoms. The first-order valence-electron chi connectivity index (χ1n) is 6.33. The number of nitrogens with zero attached hydrogens (tertiary/aromatic N) is 1. The van der Waals surface area contributed by atoms with Crippen molar-refractivity contribution < 1.29 is 14.3 Å². The van der Waals surface area contributed by atoms with Gasteiger partial charge in [0.25, 0.3) is 0 Å². The standard InChI is InChI=1S/C10H18N2O3.C2H6/c1-2-15-9(13)7-8-3-5-12(6-4-8)10(11)14;1-2/h8H,2-7H2,1H3,(H2,11,14);1-2H3. The molecule has 1 saturated heterocycles. The van der Waals surface area contributed by atoms with Gasteiger partial charge >= 0.3 is 12.0 Å². The van der Waals surface area contributed by atoms with Crippen molar-refractivity contribution in [2.75, 3.05) is 19.7 Å². The number of primary amides is 1. The average Bonchev–Trinajstić information content (AvgIpc) is 2.32. The first-order valence-corrected chi connectivity index (χ1v) is 6.33. The maximum absolute atomic E-state index is 11.2. The van der Waals surface area contributed by atoms with Crippen LogP contribution < -0.4 is 5.73 Å². The quantitative estimate of drug-likeness (QED) is 0.769. The number of esters is 1. The second kappa shape index (κ2) is 8.84. The first-order chi connectivity index (χ1) is 8.13. The Labute approximate surface area is 103 Å².